The Morgan fingerprint density at radius 2 is 1.11 bits per heavy atom. The Morgan fingerprint density at radius 3 is 1.54 bits per heavy atom. The lowest BCUT2D eigenvalue weighted by atomic mass is 10.1. The normalized spacial score (nSPS) is 11.4. The van der Waals surface area contributed by atoms with Crippen LogP contribution in [0.3, 0.4) is 0 Å². The summed E-state index contributed by atoms with van der Waals surface area (Å²) in [7, 11) is 6.60. The molecule has 0 bridgehead atoms. The summed E-state index contributed by atoms with van der Waals surface area (Å²) in [5.74, 6) is -0.656. The van der Waals surface area contributed by atoms with Gasteiger partial charge in [0.1, 0.15) is 6.54 Å². The molecule has 3 heteroatoms. The Kier molecular flexibility index (Phi) is 23.0. The molecule has 1 aromatic rings. The minimum absolute atomic E-state index is 0.340. The highest BCUT2D eigenvalue weighted by molar-refractivity contribution is 5.66. The van der Waals surface area contributed by atoms with Crippen LogP contribution >= 0.6 is 0 Å². The minimum atomic E-state index is -0.656. The number of nitrogens with zero attached hydrogens (tertiary/aromatic N) is 1. The molecule has 1 N–H and O–H groups in total. The Bertz CT molecular complexity index is 604. The number of allylic oxidation sites excluding steroid dienone is 2. The van der Waals surface area contributed by atoms with Crippen LogP contribution in [0.15, 0.2) is 42.5 Å². The van der Waals surface area contributed by atoms with E-state index in [9.17, 15) is 4.79 Å². The zero-order chi connectivity index (χ0) is 26.0. The third kappa shape index (κ3) is 28.5. The van der Waals surface area contributed by atoms with E-state index in [4.69, 9.17) is 5.11 Å². The second-order valence-corrected chi connectivity index (χ2v) is 11.1. The van der Waals surface area contributed by atoms with E-state index in [0.717, 1.165) is 23.9 Å². The molecule has 0 aliphatic carbocycles. The molecule has 0 heterocycles. The molecule has 0 fully saturated rings. The number of aliphatic carboxylic acids is 1. The van der Waals surface area contributed by atoms with Gasteiger partial charge in [0.05, 0.1) is 21.1 Å². The van der Waals surface area contributed by atoms with E-state index in [2.05, 4.69) is 70.6 Å². The van der Waals surface area contributed by atoms with Crippen LogP contribution in [0.2, 0.25) is 0 Å². The van der Waals surface area contributed by atoms with Crippen molar-refractivity contribution < 1.29 is 14.4 Å². The molecule has 0 atom stereocenters. The van der Waals surface area contributed by atoms with Gasteiger partial charge in [-0.05, 0) is 32.1 Å². The summed E-state index contributed by atoms with van der Waals surface area (Å²) >= 11 is 0. The van der Waals surface area contributed by atoms with Gasteiger partial charge in [-0.15, -0.1) is 0 Å². The lowest BCUT2D eigenvalue weighted by Crippen LogP contribution is -2.33. The Hall–Kier alpha value is -1.61. The molecule has 0 aromatic heterocycles. The van der Waals surface area contributed by atoms with Crippen LogP contribution in [0.25, 0.3) is 0 Å². The van der Waals surface area contributed by atoms with Crippen molar-refractivity contribution in [3.8, 4) is 0 Å². The fourth-order valence-electron chi connectivity index (χ4n) is 4.19. The molecule has 1 aromatic carbocycles. The quantitative estimate of drug-likeness (QED) is 0.106. The van der Waals surface area contributed by atoms with Gasteiger partial charge in [0, 0.05) is 12.0 Å². The Balaban J connectivity index is 0.000000867. The van der Waals surface area contributed by atoms with Crippen LogP contribution in [0, 0.1) is 0 Å². The molecule has 202 valence electrons. The molecule has 0 unspecified atom stereocenters. The number of carbonyl (C=O) groups is 1. The number of benzene rings is 1. The van der Waals surface area contributed by atoms with Gasteiger partial charge in [-0.1, -0.05) is 126 Å². The minimum Gasteiger partial charge on any atom is -0.481 e. The first-order chi connectivity index (χ1) is 16.8. The fraction of sp³-hybridized carbons (Fsp3) is 0.719. The van der Waals surface area contributed by atoms with Gasteiger partial charge in [-0.3, -0.25) is 4.79 Å². The molecule has 0 radical (unpaired) electrons. The maximum Gasteiger partial charge on any atom is 0.303 e. The topological polar surface area (TPSA) is 37.3 Å². The smallest absolute Gasteiger partial charge is 0.303 e. The Labute approximate surface area is 218 Å². The van der Waals surface area contributed by atoms with Crippen molar-refractivity contribution >= 4 is 5.97 Å². The molecule has 0 saturated carbocycles. The number of hydrogen-bond acceptors (Lipinski definition) is 1. The van der Waals surface area contributed by atoms with Crippen molar-refractivity contribution in [3.63, 3.8) is 0 Å². The van der Waals surface area contributed by atoms with Crippen LogP contribution < -0.4 is 0 Å². The summed E-state index contributed by atoms with van der Waals surface area (Å²) in [6.45, 7) is 3.37. The van der Waals surface area contributed by atoms with E-state index in [1.807, 2.05) is 0 Å². The van der Waals surface area contributed by atoms with Gasteiger partial charge in [-0.25, -0.2) is 0 Å². The number of rotatable bonds is 21. The van der Waals surface area contributed by atoms with Crippen LogP contribution in [0.1, 0.15) is 128 Å². The highest BCUT2D eigenvalue weighted by Gasteiger charge is 2.06. The lowest BCUT2D eigenvalue weighted by Gasteiger charge is -2.23. The molecule has 0 spiro atoms. The molecule has 0 aliphatic heterocycles. The van der Waals surface area contributed by atoms with E-state index in [0.29, 0.717) is 6.42 Å². The largest absolute Gasteiger partial charge is 0.481 e. The predicted octanol–water partition coefficient (Wildman–Crippen LogP) is 9.56. The van der Waals surface area contributed by atoms with E-state index in [1.54, 1.807) is 0 Å². The summed E-state index contributed by atoms with van der Waals surface area (Å²) in [6, 6.07) is 10.6. The third-order valence-corrected chi connectivity index (χ3v) is 6.15. The number of unbranched alkanes of at least 4 members (excludes halogenated alkanes) is 15. The summed E-state index contributed by atoms with van der Waals surface area (Å²) in [5.41, 5.74) is 1.40. The molecule has 35 heavy (non-hydrogen) atoms. The molecule has 1 rings (SSSR count). The van der Waals surface area contributed by atoms with Crippen molar-refractivity contribution in [3.05, 3.63) is 48.0 Å². The van der Waals surface area contributed by atoms with E-state index < -0.39 is 5.97 Å². The molecule has 0 aliphatic rings. The zero-order valence-electron chi connectivity index (χ0n) is 23.8. The fourth-order valence-corrected chi connectivity index (χ4v) is 4.19. The number of carboxylic acids is 1. The summed E-state index contributed by atoms with van der Waals surface area (Å²) in [4.78, 5) is 10.4. The van der Waals surface area contributed by atoms with Gasteiger partial charge >= 0.3 is 5.97 Å². The van der Waals surface area contributed by atoms with Gasteiger partial charge in [0.2, 0.25) is 0 Å². The van der Waals surface area contributed by atoms with Crippen molar-refractivity contribution in [2.45, 2.75) is 129 Å². The highest BCUT2D eigenvalue weighted by Crippen LogP contribution is 2.12. The summed E-state index contributed by atoms with van der Waals surface area (Å²) in [6.07, 6.45) is 27.1. The summed E-state index contributed by atoms with van der Waals surface area (Å²) < 4.78 is 0.990. The standard InChI is InChI=1S/C22H42O2.C10H16N/c1-2-3-4-5-6-7-8-9-10-11-12-13-14-15-16-17-18-19-20-21-22(23)24;1-11(2,3)9-10-7-5-4-6-8-10/h9-10H,2-8,11-21H2,1H3,(H,23,24);4-8H,9H2,1-3H3/q;+1/b10-9-;. The van der Waals surface area contributed by atoms with E-state index in [-0.39, 0.29) is 0 Å². The zero-order valence-corrected chi connectivity index (χ0v) is 23.8. The molecular formula is C32H58NO2+. The lowest BCUT2D eigenvalue weighted by molar-refractivity contribution is -0.884. The molecular weight excluding hydrogens is 430 g/mol. The van der Waals surface area contributed by atoms with E-state index >= 15 is 0 Å². The molecule has 0 amide bonds. The van der Waals surface area contributed by atoms with Gasteiger partial charge in [0.25, 0.3) is 0 Å². The van der Waals surface area contributed by atoms with Crippen LogP contribution in [-0.2, 0) is 11.3 Å². The highest BCUT2D eigenvalue weighted by atomic mass is 16.4. The van der Waals surface area contributed by atoms with Crippen molar-refractivity contribution in [1.82, 2.24) is 0 Å². The number of carboxylic acid groups (broad SMARTS) is 1. The van der Waals surface area contributed by atoms with Crippen LogP contribution in [0.5, 0.6) is 0 Å². The second kappa shape index (κ2) is 24.1. The van der Waals surface area contributed by atoms with Gasteiger partial charge < -0.3 is 9.59 Å². The first kappa shape index (κ1) is 33.4. The predicted molar refractivity (Wildman–Crippen MR) is 154 cm³/mol. The van der Waals surface area contributed by atoms with E-state index in [1.165, 1.54) is 102 Å². The average molecular weight is 489 g/mol. The SMILES string of the molecule is CCCCCCCC/C=C\CCCCCCCCCCCC(=O)O.C[N+](C)(C)Cc1ccccc1. The Morgan fingerprint density at radius 1 is 0.686 bits per heavy atom. The van der Waals surface area contributed by atoms with Crippen LogP contribution in [0.4, 0.5) is 0 Å². The maximum atomic E-state index is 10.4. The van der Waals surface area contributed by atoms with Crippen molar-refractivity contribution in [2.24, 2.45) is 0 Å². The average Bonchev–Trinajstić information content (AvgIpc) is 2.80. The number of hydrogen-bond donors (Lipinski definition) is 1. The second-order valence-electron chi connectivity index (χ2n) is 11.1. The molecule has 0 saturated heterocycles. The monoisotopic (exact) mass is 488 g/mol. The van der Waals surface area contributed by atoms with Crippen LogP contribution in [-0.4, -0.2) is 36.7 Å². The summed E-state index contributed by atoms with van der Waals surface area (Å²) in [5, 5.41) is 8.55. The van der Waals surface area contributed by atoms with Crippen molar-refractivity contribution in [2.75, 3.05) is 21.1 Å². The first-order valence-corrected chi connectivity index (χ1v) is 14.6. The molecule has 3 nitrogen and oxygen atoms in total. The van der Waals surface area contributed by atoms with Crippen molar-refractivity contribution in [1.29, 1.82) is 0 Å². The maximum absolute atomic E-state index is 10.4. The number of quaternary nitrogens is 1. The third-order valence-electron chi connectivity index (χ3n) is 6.15. The van der Waals surface area contributed by atoms with Gasteiger partial charge in [-0.2, -0.15) is 0 Å². The first-order valence-electron chi connectivity index (χ1n) is 14.6. The van der Waals surface area contributed by atoms with Gasteiger partial charge in [0.15, 0.2) is 0 Å².